The summed E-state index contributed by atoms with van der Waals surface area (Å²) in [5.41, 5.74) is 18.0. The summed E-state index contributed by atoms with van der Waals surface area (Å²) in [5, 5.41) is 12.7. The van der Waals surface area contributed by atoms with Crippen LogP contribution in [0.1, 0.15) is 111 Å². The van der Waals surface area contributed by atoms with E-state index in [1.807, 2.05) is 32.2 Å². The van der Waals surface area contributed by atoms with Crippen molar-refractivity contribution in [2.75, 3.05) is 0 Å². The van der Waals surface area contributed by atoms with Gasteiger partial charge in [-0.3, -0.25) is 9.55 Å². The summed E-state index contributed by atoms with van der Waals surface area (Å²) in [7, 11) is 0. The van der Waals surface area contributed by atoms with E-state index in [-0.39, 0.29) is 22.0 Å². The first-order chi connectivity index (χ1) is 32.6. The van der Waals surface area contributed by atoms with Gasteiger partial charge in [0.15, 0.2) is 0 Å². The van der Waals surface area contributed by atoms with E-state index in [4.69, 9.17) is 9.97 Å². The lowest BCUT2D eigenvalue weighted by molar-refractivity contribution is 0.446. The fourth-order valence-corrected chi connectivity index (χ4v) is 9.34. The standard InChI is InChI=1S/C64H65N3O/c1-40(2)51-38-53(44-22-17-14-18-23-44)58(39-52(51)43-20-15-13-16-21-43)67-57-25-19-24-50(59(57)66-61(67)54-36-49(63(7,8)9)37-55(60(54)68)64(10,11)12)46-32-47(34-48(33-46)62(4,5)6)56-35-45(30-31-65-56)42-28-26-41(3)27-29-42/h13-40,68H,1-12H3/i40D. The highest BCUT2D eigenvalue weighted by atomic mass is 16.3. The number of rotatable bonds is 8. The van der Waals surface area contributed by atoms with Crippen molar-refractivity contribution in [2.45, 2.75) is 105 Å². The van der Waals surface area contributed by atoms with Gasteiger partial charge in [-0.2, -0.15) is 0 Å². The van der Waals surface area contributed by atoms with E-state index in [1.54, 1.807) is 0 Å². The number of pyridine rings is 1. The molecule has 0 saturated heterocycles. The molecule has 0 spiro atoms. The molecule has 68 heavy (non-hydrogen) atoms. The van der Waals surface area contributed by atoms with Crippen molar-refractivity contribution < 1.29 is 6.48 Å². The Hall–Kier alpha value is -7.04. The second kappa shape index (κ2) is 17.6. The van der Waals surface area contributed by atoms with Crippen LogP contribution in [-0.2, 0) is 16.2 Å². The molecule has 7 aromatic carbocycles. The zero-order valence-corrected chi connectivity index (χ0v) is 41.9. The highest BCUT2D eigenvalue weighted by Crippen LogP contribution is 2.47. The molecule has 2 aromatic heterocycles. The molecule has 4 heteroatoms. The lowest BCUT2D eigenvalue weighted by atomic mass is 9.79. The van der Waals surface area contributed by atoms with Crippen LogP contribution in [0.15, 0.2) is 164 Å². The molecule has 0 radical (unpaired) electrons. The number of hydrogen-bond acceptors (Lipinski definition) is 3. The highest BCUT2D eigenvalue weighted by molar-refractivity contribution is 5.98. The molecule has 0 amide bonds. The number of para-hydroxylation sites is 1. The second-order valence-corrected chi connectivity index (χ2v) is 21.9. The number of fused-ring (bicyclic) bond motifs is 1. The number of phenols is 1. The molecule has 0 aliphatic heterocycles. The number of hydrogen-bond donors (Lipinski definition) is 1. The van der Waals surface area contributed by atoms with Crippen molar-refractivity contribution in [3.05, 3.63) is 192 Å². The van der Waals surface area contributed by atoms with Crippen molar-refractivity contribution in [3.63, 3.8) is 0 Å². The summed E-state index contributed by atoms with van der Waals surface area (Å²) >= 11 is 0. The van der Waals surface area contributed by atoms with Crippen LogP contribution in [0.2, 0.25) is 0 Å². The van der Waals surface area contributed by atoms with Gasteiger partial charge in [-0.25, -0.2) is 4.98 Å². The van der Waals surface area contributed by atoms with Crippen molar-refractivity contribution >= 4 is 11.0 Å². The van der Waals surface area contributed by atoms with Crippen molar-refractivity contribution in [3.8, 4) is 78.6 Å². The molecule has 0 saturated carbocycles. The Labute approximate surface area is 405 Å². The van der Waals surface area contributed by atoms with Gasteiger partial charge in [0.2, 0.25) is 0 Å². The van der Waals surface area contributed by atoms with Crippen LogP contribution >= 0.6 is 0 Å². The monoisotopic (exact) mass is 893 g/mol. The Morgan fingerprint density at radius 3 is 1.75 bits per heavy atom. The summed E-state index contributed by atoms with van der Waals surface area (Å²) in [6.45, 7) is 26.0. The van der Waals surface area contributed by atoms with Gasteiger partial charge in [0.1, 0.15) is 11.6 Å². The zero-order valence-electron chi connectivity index (χ0n) is 42.9. The topological polar surface area (TPSA) is 50.9 Å². The predicted molar refractivity (Wildman–Crippen MR) is 288 cm³/mol. The molecular weight excluding hydrogens is 827 g/mol. The summed E-state index contributed by atoms with van der Waals surface area (Å²) in [6.07, 6.45) is 1.91. The molecule has 0 atom stereocenters. The van der Waals surface area contributed by atoms with Crippen LogP contribution in [0.5, 0.6) is 5.75 Å². The molecule has 0 unspecified atom stereocenters. The van der Waals surface area contributed by atoms with Crippen LogP contribution in [0.4, 0.5) is 0 Å². The average molecular weight is 893 g/mol. The number of aryl methyl sites for hydroxylation is 1. The largest absolute Gasteiger partial charge is 0.507 e. The van der Waals surface area contributed by atoms with E-state index in [1.165, 1.54) is 11.1 Å². The zero-order chi connectivity index (χ0) is 49.2. The average Bonchev–Trinajstić information content (AvgIpc) is 3.70. The normalized spacial score (nSPS) is 12.7. The maximum absolute atomic E-state index is 12.7. The van der Waals surface area contributed by atoms with E-state index < -0.39 is 5.89 Å². The van der Waals surface area contributed by atoms with Crippen molar-refractivity contribution in [1.29, 1.82) is 0 Å². The van der Waals surface area contributed by atoms with E-state index in [0.717, 1.165) is 89.2 Å². The summed E-state index contributed by atoms with van der Waals surface area (Å²) in [5.74, 6) is -0.0651. The Balaban J connectivity index is 1.41. The third-order valence-corrected chi connectivity index (χ3v) is 13.3. The highest BCUT2D eigenvalue weighted by Gasteiger charge is 2.30. The summed E-state index contributed by atoms with van der Waals surface area (Å²) < 4.78 is 11.8. The molecule has 0 bridgehead atoms. The number of aromatic nitrogens is 3. The smallest absolute Gasteiger partial charge is 0.149 e. The maximum Gasteiger partial charge on any atom is 0.149 e. The van der Waals surface area contributed by atoms with Gasteiger partial charge in [-0.05, 0) is 128 Å². The molecule has 9 rings (SSSR count). The minimum absolute atomic E-state index is 0.175. The molecule has 0 aliphatic rings. The van der Waals surface area contributed by atoms with Gasteiger partial charge >= 0.3 is 0 Å². The minimum atomic E-state index is -0.925. The molecule has 9 aromatic rings. The molecule has 342 valence electrons. The van der Waals surface area contributed by atoms with E-state index in [0.29, 0.717) is 11.4 Å². The van der Waals surface area contributed by atoms with Gasteiger partial charge in [-0.1, -0.05) is 191 Å². The van der Waals surface area contributed by atoms with Crippen LogP contribution < -0.4 is 0 Å². The molecule has 4 nitrogen and oxygen atoms in total. The van der Waals surface area contributed by atoms with Crippen LogP contribution in [0.3, 0.4) is 0 Å². The van der Waals surface area contributed by atoms with E-state index in [9.17, 15) is 6.48 Å². The molecule has 0 aliphatic carbocycles. The molecular formula is C64H65N3O. The number of aromatic hydroxyl groups is 1. The Morgan fingerprint density at radius 1 is 0.515 bits per heavy atom. The second-order valence-electron chi connectivity index (χ2n) is 21.9. The predicted octanol–water partition coefficient (Wildman–Crippen LogP) is 17.5. The number of phenolic OH excluding ortho intramolecular Hbond substituents is 1. The van der Waals surface area contributed by atoms with Crippen molar-refractivity contribution in [1.82, 2.24) is 14.5 Å². The lowest BCUT2D eigenvalue weighted by Gasteiger charge is -2.28. The van der Waals surface area contributed by atoms with Crippen molar-refractivity contribution in [2.24, 2.45) is 0 Å². The lowest BCUT2D eigenvalue weighted by Crippen LogP contribution is -2.17. The van der Waals surface area contributed by atoms with Gasteiger partial charge < -0.3 is 5.11 Å². The molecule has 1 N–H and O–H groups in total. The Kier molecular flexibility index (Phi) is 11.6. The number of imidazole rings is 1. The number of nitrogens with zero attached hydrogens (tertiary/aromatic N) is 3. The first-order valence-corrected chi connectivity index (χ1v) is 24.0. The van der Waals surface area contributed by atoms with Gasteiger partial charge in [0.05, 0.1) is 28.0 Å². The summed E-state index contributed by atoms with van der Waals surface area (Å²) in [6, 6.07) is 55.9. The van der Waals surface area contributed by atoms with Gasteiger partial charge in [0, 0.05) is 29.8 Å². The Morgan fingerprint density at radius 2 is 1.13 bits per heavy atom. The third kappa shape index (κ3) is 8.93. The molecule has 2 heterocycles. The van der Waals surface area contributed by atoms with Gasteiger partial charge in [0.25, 0.3) is 0 Å². The third-order valence-electron chi connectivity index (χ3n) is 13.3. The van der Waals surface area contributed by atoms with Gasteiger partial charge in [-0.15, -0.1) is 0 Å². The first-order valence-electron chi connectivity index (χ1n) is 24.5. The fourth-order valence-electron chi connectivity index (χ4n) is 9.34. The van der Waals surface area contributed by atoms with Crippen LogP contribution in [0.25, 0.3) is 83.9 Å². The first kappa shape index (κ1) is 44.8. The minimum Gasteiger partial charge on any atom is -0.507 e. The number of benzene rings is 7. The van der Waals surface area contributed by atoms with E-state index in [2.05, 4.69) is 219 Å². The quantitative estimate of drug-likeness (QED) is 0.165. The van der Waals surface area contributed by atoms with E-state index >= 15 is 0 Å². The maximum atomic E-state index is 12.7. The molecule has 0 fully saturated rings. The fraction of sp³-hybridized carbons (Fsp3) is 0.250. The van der Waals surface area contributed by atoms with Crippen LogP contribution in [-0.4, -0.2) is 19.6 Å². The summed E-state index contributed by atoms with van der Waals surface area (Å²) in [4.78, 5) is 10.7. The Bertz CT molecular complexity index is 3350. The van der Waals surface area contributed by atoms with Crippen LogP contribution in [0, 0.1) is 6.92 Å². The SMILES string of the molecule is [2H]C(C)(C)c1cc(-c2ccccc2)c(-n2c(-c3cc(C(C)(C)C)cc(C(C)(C)C)c3O)nc3c(-c4cc(-c5cc(-c6ccc(C)cc6)ccn5)cc(C(C)(C)C)c4)cccc32)cc1-c1ccccc1.